The molecule has 0 aliphatic carbocycles. The maximum absolute atomic E-state index is 9.88. The van der Waals surface area contributed by atoms with Gasteiger partial charge in [0.05, 0.1) is 0 Å². The molecular weight excluding hydrogens is 248 g/mol. The van der Waals surface area contributed by atoms with Crippen molar-refractivity contribution in [1.29, 1.82) is 0 Å². The van der Waals surface area contributed by atoms with Crippen LogP contribution >= 0.6 is 11.6 Å². The second kappa shape index (κ2) is 4.72. The molecule has 2 atom stereocenters. The molecule has 0 radical (unpaired) electrons. The van der Waals surface area contributed by atoms with Crippen LogP contribution in [0, 0.1) is 11.8 Å². The van der Waals surface area contributed by atoms with Gasteiger partial charge >= 0.3 is 0 Å². The Kier molecular flexibility index (Phi) is 3.22. The molecule has 0 spiro atoms. The van der Waals surface area contributed by atoms with Crippen LogP contribution in [0.3, 0.4) is 0 Å². The summed E-state index contributed by atoms with van der Waals surface area (Å²) in [5, 5.41) is 10.5. The second-order valence-corrected chi connectivity index (χ2v) is 6.14. The zero-order valence-corrected chi connectivity index (χ0v) is 11.4. The molecule has 2 aliphatic rings. The highest BCUT2D eigenvalue weighted by Crippen LogP contribution is 2.32. The van der Waals surface area contributed by atoms with Gasteiger partial charge in [-0.3, -0.25) is 4.90 Å². The van der Waals surface area contributed by atoms with E-state index >= 15 is 0 Å². The molecule has 2 aliphatic heterocycles. The molecule has 2 fully saturated rings. The van der Waals surface area contributed by atoms with Gasteiger partial charge in [-0.1, -0.05) is 17.7 Å². The number of fused-ring (bicyclic) bond motifs is 1. The van der Waals surface area contributed by atoms with Gasteiger partial charge in [0.25, 0.3) is 0 Å². The normalized spacial score (nSPS) is 28.8. The third kappa shape index (κ3) is 2.35. The van der Waals surface area contributed by atoms with E-state index in [1.807, 2.05) is 12.1 Å². The number of phenols is 1. The van der Waals surface area contributed by atoms with Crippen molar-refractivity contribution >= 4 is 11.6 Å². The van der Waals surface area contributed by atoms with Crippen LogP contribution in [0.25, 0.3) is 0 Å². The summed E-state index contributed by atoms with van der Waals surface area (Å²) in [5.41, 5.74) is 0.979. The predicted molar refractivity (Wildman–Crippen MR) is 72.9 cm³/mol. The zero-order chi connectivity index (χ0) is 12.7. The number of aromatic hydroxyl groups is 1. The highest BCUT2D eigenvalue weighted by atomic mass is 35.5. The lowest BCUT2D eigenvalue weighted by Gasteiger charge is -2.19. The number of phenolic OH excluding ortho intramolecular Hbond substituents is 1. The fourth-order valence-electron chi connectivity index (χ4n) is 3.37. The molecular formula is C14H19ClN2O. The molecule has 1 aromatic carbocycles. The average Bonchev–Trinajstić information content (AvgIpc) is 2.79. The van der Waals surface area contributed by atoms with Crippen LogP contribution in [0.2, 0.25) is 5.02 Å². The predicted octanol–water partition coefficient (Wildman–Crippen LogP) is 2.04. The summed E-state index contributed by atoms with van der Waals surface area (Å²) in [7, 11) is 2.20. The quantitative estimate of drug-likeness (QED) is 0.888. The van der Waals surface area contributed by atoms with Gasteiger partial charge < -0.3 is 10.0 Å². The van der Waals surface area contributed by atoms with Gasteiger partial charge in [-0.05, 0) is 31.0 Å². The summed E-state index contributed by atoms with van der Waals surface area (Å²) in [6.07, 6.45) is 0. The Morgan fingerprint density at radius 3 is 2.50 bits per heavy atom. The van der Waals surface area contributed by atoms with Gasteiger partial charge in [-0.15, -0.1) is 0 Å². The standard InChI is InChI=1S/C14H19ClN2O/c1-16-5-11-8-17(9-12(11)6-16)7-10-2-3-13(15)4-14(10)18/h2-4,11-12,18H,5-9H2,1H3/t11-,12-/m0/s1. The van der Waals surface area contributed by atoms with E-state index in [1.165, 1.54) is 13.1 Å². The summed E-state index contributed by atoms with van der Waals surface area (Å²) in [5.74, 6) is 1.94. The van der Waals surface area contributed by atoms with Crippen molar-refractivity contribution in [3.63, 3.8) is 0 Å². The molecule has 3 nitrogen and oxygen atoms in total. The van der Waals surface area contributed by atoms with Crippen LogP contribution in [0.5, 0.6) is 5.75 Å². The number of likely N-dealkylation sites (tertiary alicyclic amines) is 2. The van der Waals surface area contributed by atoms with E-state index in [9.17, 15) is 5.11 Å². The third-order valence-electron chi connectivity index (χ3n) is 4.19. The number of nitrogens with zero attached hydrogens (tertiary/aromatic N) is 2. The summed E-state index contributed by atoms with van der Waals surface area (Å²) in [6.45, 7) is 5.56. The topological polar surface area (TPSA) is 26.7 Å². The van der Waals surface area contributed by atoms with Gasteiger partial charge in [-0.25, -0.2) is 0 Å². The second-order valence-electron chi connectivity index (χ2n) is 5.71. The SMILES string of the molecule is CN1C[C@H]2CN(Cc3ccc(Cl)cc3O)C[C@@H]2C1. The molecule has 1 N–H and O–H groups in total. The van der Waals surface area contributed by atoms with Crippen LogP contribution in [0.15, 0.2) is 18.2 Å². The molecule has 2 heterocycles. The molecule has 0 amide bonds. The first-order valence-electron chi connectivity index (χ1n) is 6.50. The van der Waals surface area contributed by atoms with E-state index in [2.05, 4.69) is 16.8 Å². The minimum absolute atomic E-state index is 0.316. The Morgan fingerprint density at radius 2 is 1.89 bits per heavy atom. The van der Waals surface area contributed by atoms with E-state index in [4.69, 9.17) is 11.6 Å². The smallest absolute Gasteiger partial charge is 0.121 e. The summed E-state index contributed by atoms with van der Waals surface area (Å²) in [6, 6.07) is 5.40. The number of hydrogen-bond acceptors (Lipinski definition) is 3. The molecule has 1 aromatic rings. The van der Waals surface area contributed by atoms with Gasteiger partial charge in [0.1, 0.15) is 5.75 Å². The number of rotatable bonds is 2. The molecule has 2 saturated heterocycles. The maximum Gasteiger partial charge on any atom is 0.121 e. The first kappa shape index (κ1) is 12.3. The molecule has 0 saturated carbocycles. The van der Waals surface area contributed by atoms with Gasteiger partial charge in [0.15, 0.2) is 0 Å². The molecule has 0 aromatic heterocycles. The minimum atomic E-state index is 0.316. The van der Waals surface area contributed by atoms with Crippen molar-refractivity contribution in [2.24, 2.45) is 11.8 Å². The van der Waals surface area contributed by atoms with Crippen LogP contribution < -0.4 is 0 Å². The molecule has 4 heteroatoms. The maximum atomic E-state index is 9.88. The largest absolute Gasteiger partial charge is 0.508 e. The molecule has 0 bridgehead atoms. The van der Waals surface area contributed by atoms with E-state index in [1.54, 1.807) is 6.07 Å². The molecule has 18 heavy (non-hydrogen) atoms. The van der Waals surface area contributed by atoms with E-state index in [0.717, 1.165) is 37.0 Å². The average molecular weight is 267 g/mol. The summed E-state index contributed by atoms with van der Waals surface area (Å²) in [4.78, 5) is 4.87. The lowest BCUT2D eigenvalue weighted by Crippen LogP contribution is -2.26. The van der Waals surface area contributed by atoms with Crippen LogP contribution in [-0.2, 0) is 6.54 Å². The van der Waals surface area contributed by atoms with Crippen molar-refractivity contribution in [3.8, 4) is 5.75 Å². The highest BCUT2D eigenvalue weighted by molar-refractivity contribution is 6.30. The van der Waals surface area contributed by atoms with E-state index < -0.39 is 0 Å². The fraction of sp³-hybridized carbons (Fsp3) is 0.571. The zero-order valence-electron chi connectivity index (χ0n) is 10.6. The molecule has 98 valence electrons. The first-order valence-corrected chi connectivity index (χ1v) is 6.88. The Morgan fingerprint density at radius 1 is 1.22 bits per heavy atom. The van der Waals surface area contributed by atoms with Crippen molar-refractivity contribution < 1.29 is 5.11 Å². The lowest BCUT2D eigenvalue weighted by atomic mass is 10.0. The van der Waals surface area contributed by atoms with E-state index in [-0.39, 0.29) is 0 Å². The number of halogens is 1. The van der Waals surface area contributed by atoms with Crippen molar-refractivity contribution in [2.75, 3.05) is 33.2 Å². The highest BCUT2D eigenvalue weighted by Gasteiger charge is 2.38. The summed E-state index contributed by atoms with van der Waals surface area (Å²) >= 11 is 5.85. The summed E-state index contributed by atoms with van der Waals surface area (Å²) < 4.78 is 0. The Balaban J connectivity index is 1.65. The monoisotopic (exact) mass is 266 g/mol. The fourth-order valence-corrected chi connectivity index (χ4v) is 3.53. The number of benzene rings is 1. The van der Waals surface area contributed by atoms with Crippen molar-refractivity contribution in [1.82, 2.24) is 9.80 Å². The van der Waals surface area contributed by atoms with Crippen LogP contribution in [0.1, 0.15) is 5.56 Å². The first-order chi connectivity index (χ1) is 8.61. The Labute approximate surface area is 113 Å². The Hall–Kier alpha value is -0.770. The van der Waals surface area contributed by atoms with Gasteiger partial charge in [-0.2, -0.15) is 0 Å². The van der Waals surface area contributed by atoms with Gasteiger partial charge in [0, 0.05) is 43.3 Å². The Bertz CT molecular complexity index is 437. The minimum Gasteiger partial charge on any atom is -0.508 e. The molecule has 0 unspecified atom stereocenters. The third-order valence-corrected chi connectivity index (χ3v) is 4.42. The number of hydrogen-bond donors (Lipinski definition) is 1. The van der Waals surface area contributed by atoms with Crippen molar-refractivity contribution in [3.05, 3.63) is 28.8 Å². The van der Waals surface area contributed by atoms with Gasteiger partial charge in [0.2, 0.25) is 0 Å². The van der Waals surface area contributed by atoms with E-state index in [0.29, 0.717) is 10.8 Å². The van der Waals surface area contributed by atoms with Crippen molar-refractivity contribution in [2.45, 2.75) is 6.54 Å². The lowest BCUT2D eigenvalue weighted by molar-refractivity contribution is 0.269. The van der Waals surface area contributed by atoms with Crippen LogP contribution in [0.4, 0.5) is 0 Å². The molecule has 3 rings (SSSR count). The van der Waals surface area contributed by atoms with Crippen LogP contribution in [-0.4, -0.2) is 48.1 Å².